The molecular weight excluding hydrogens is 551 g/mol. The van der Waals surface area contributed by atoms with Gasteiger partial charge < -0.3 is 19.7 Å². The Labute approximate surface area is 250 Å². The largest absolute Gasteiger partial charge is 0.463 e. The normalized spacial score (nSPS) is 19.2. The molecule has 0 saturated carbocycles. The second-order valence-electron chi connectivity index (χ2n) is 10.6. The molecule has 5 rings (SSSR count). The smallest absolute Gasteiger partial charge is 0.338 e. The van der Waals surface area contributed by atoms with E-state index < -0.39 is 17.8 Å². The molecule has 0 bridgehead atoms. The number of rotatable bonds is 8. The molecule has 224 valence electrons. The molecule has 0 aliphatic carbocycles. The first-order chi connectivity index (χ1) is 20.8. The average molecular weight is 587 g/mol. The zero-order valence-electron chi connectivity index (χ0n) is 24.5. The number of likely N-dealkylation sites (N-methyl/N-ethyl adjacent to an activating group) is 1. The van der Waals surface area contributed by atoms with Crippen LogP contribution < -0.4 is 10.1 Å². The minimum Gasteiger partial charge on any atom is -0.463 e. The lowest BCUT2D eigenvalue weighted by molar-refractivity contribution is -0.139. The third-order valence-corrected chi connectivity index (χ3v) is 7.69. The van der Waals surface area contributed by atoms with Crippen molar-refractivity contribution in [1.29, 1.82) is 0 Å². The highest BCUT2D eigenvalue weighted by molar-refractivity contribution is 5.95. The molecule has 1 N–H and O–H groups in total. The van der Waals surface area contributed by atoms with Crippen LogP contribution in [0.4, 0.5) is 9.18 Å². The van der Waals surface area contributed by atoms with Gasteiger partial charge in [0.25, 0.3) is 5.91 Å². The van der Waals surface area contributed by atoms with Crippen LogP contribution >= 0.6 is 0 Å². The standard InChI is InChI=1S/C33H35FN4O5/c1-4-42-32(40)29-28(21-37-17-18-38(22(2)20-37)31(39)26-15-8-9-16-27(26)34)36(3)33(41)35-30(29)23-11-10-14-25(19-23)43-24-12-6-5-7-13-24/h5-16,19,22,30H,4,17-18,20-21H2,1-3H3,(H,35,41)/t22-,30+/m1/s1. The number of nitrogens with one attached hydrogen (secondary N) is 1. The van der Waals surface area contributed by atoms with Gasteiger partial charge in [-0.25, -0.2) is 14.0 Å². The molecular formula is C33H35FN4O5. The van der Waals surface area contributed by atoms with Crippen LogP contribution in [0, 0.1) is 5.82 Å². The first-order valence-corrected chi connectivity index (χ1v) is 14.3. The van der Waals surface area contributed by atoms with Crippen LogP contribution in [0.2, 0.25) is 0 Å². The molecule has 0 radical (unpaired) electrons. The molecule has 2 aliphatic rings. The molecule has 2 aliphatic heterocycles. The predicted octanol–water partition coefficient (Wildman–Crippen LogP) is 4.98. The summed E-state index contributed by atoms with van der Waals surface area (Å²) in [6.45, 7) is 5.41. The van der Waals surface area contributed by atoms with Crippen molar-refractivity contribution in [3.05, 3.63) is 107 Å². The van der Waals surface area contributed by atoms with Crippen LogP contribution in [-0.2, 0) is 9.53 Å². The zero-order chi connectivity index (χ0) is 30.5. The number of hydrogen-bond donors (Lipinski definition) is 1. The SMILES string of the molecule is CCOC(=O)C1=C(CN2CCN(C(=O)c3ccccc3F)[C@H](C)C2)N(C)C(=O)N[C@H]1c1cccc(Oc2ccccc2)c1. The number of para-hydroxylation sites is 1. The van der Waals surface area contributed by atoms with Gasteiger partial charge in [0, 0.05) is 45.0 Å². The van der Waals surface area contributed by atoms with Crippen molar-refractivity contribution >= 4 is 17.9 Å². The van der Waals surface area contributed by atoms with Gasteiger partial charge in [-0.15, -0.1) is 0 Å². The fourth-order valence-corrected chi connectivity index (χ4v) is 5.51. The number of nitrogens with zero attached hydrogens (tertiary/aromatic N) is 3. The number of carbonyl (C=O) groups excluding carboxylic acids is 3. The molecule has 2 heterocycles. The van der Waals surface area contributed by atoms with Gasteiger partial charge >= 0.3 is 12.0 Å². The van der Waals surface area contributed by atoms with Gasteiger partial charge in [-0.1, -0.05) is 42.5 Å². The third kappa shape index (κ3) is 6.54. The topological polar surface area (TPSA) is 91.4 Å². The lowest BCUT2D eigenvalue weighted by Crippen LogP contribution is -2.56. The average Bonchev–Trinajstić information content (AvgIpc) is 3.00. The maximum Gasteiger partial charge on any atom is 0.338 e. The molecule has 1 saturated heterocycles. The van der Waals surface area contributed by atoms with Gasteiger partial charge in [-0.05, 0) is 55.8 Å². The number of ether oxygens (including phenoxy) is 2. The van der Waals surface area contributed by atoms with Gasteiger partial charge in [0.05, 0.1) is 23.8 Å². The van der Waals surface area contributed by atoms with Gasteiger partial charge in [0.2, 0.25) is 0 Å². The first kappa shape index (κ1) is 29.8. The third-order valence-electron chi connectivity index (χ3n) is 7.69. The number of hydrogen-bond acceptors (Lipinski definition) is 6. The van der Waals surface area contributed by atoms with E-state index in [1.165, 1.54) is 17.0 Å². The van der Waals surface area contributed by atoms with Gasteiger partial charge in [-0.2, -0.15) is 0 Å². The van der Waals surface area contributed by atoms with Crippen molar-refractivity contribution in [2.24, 2.45) is 0 Å². The Balaban J connectivity index is 1.42. The van der Waals surface area contributed by atoms with Gasteiger partial charge in [-0.3, -0.25) is 14.6 Å². The molecule has 10 heteroatoms. The highest BCUT2D eigenvalue weighted by atomic mass is 19.1. The number of urea groups is 1. The molecule has 0 unspecified atom stereocenters. The Morgan fingerprint density at radius 3 is 2.42 bits per heavy atom. The van der Waals surface area contributed by atoms with Crippen LogP contribution in [-0.4, -0.2) is 78.5 Å². The van der Waals surface area contributed by atoms with Crippen LogP contribution in [0.15, 0.2) is 90.1 Å². The maximum absolute atomic E-state index is 14.3. The number of amides is 3. The fourth-order valence-electron chi connectivity index (χ4n) is 5.51. The number of halogens is 1. The van der Waals surface area contributed by atoms with Crippen molar-refractivity contribution in [2.45, 2.75) is 25.9 Å². The zero-order valence-corrected chi connectivity index (χ0v) is 24.5. The van der Waals surface area contributed by atoms with Gasteiger partial charge in [0.1, 0.15) is 17.3 Å². The van der Waals surface area contributed by atoms with E-state index >= 15 is 0 Å². The highest BCUT2D eigenvalue weighted by Gasteiger charge is 2.38. The summed E-state index contributed by atoms with van der Waals surface area (Å²) in [4.78, 5) is 45.0. The second kappa shape index (κ2) is 13.1. The number of carbonyl (C=O) groups is 3. The van der Waals surface area contributed by atoms with Crippen molar-refractivity contribution in [2.75, 3.05) is 39.8 Å². The minimum atomic E-state index is -0.765. The van der Waals surface area contributed by atoms with Crippen LogP contribution in [0.25, 0.3) is 0 Å². The second-order valence-corrected chi connectivity index (χ2v) is 10.6. The summed E-state index contributed by atoms with van der Waals surface area (Å²) in [7, 11) is 1.62. The van der Waals surface area contributed by atoms with E-state index in [1.807, 2.05) is 55.5 Å². The Morgan fingerprint density at radius 2 is 1.70 bits per heavy atom. The lowest BCUT2D eigenvalue weighted by Gasteiger charge is -2.42. The van der Waals surface area contributed by atoms with E-state index in [0.717, 1.165) is 0 Å². The van der Waals surface area contributed by atoms with E-state index in [4.69, 9.17) is 9.47 Å². The van der Waals surface area contributed by atoms with Gasteiger partial charge in [0.15, 0.2) is 0 Å². The lowest BCUT2D eigenvalue weighted by atomic mass is 9.94. The molecule has 0 aromatic heterocycles. The number of esters is 1. The maximum atomic E-state index is 14.3. The molecule has 9 nitrogen and oxygen atoms in total. The summed E-state index contributed by atoms with van der Waals surface area (Å²) in [6.07, 6.45) is 0. The van der Waals surface area contributed by atoms with E-state index in [0.29, 0.717) is 48.0 Å². The highest BCUT2D eigenvalue weighted by Crippen LogP contribution is 2.34. The Kier molecular flexibility index (Phi) is 9.06. The molecule has 3 aromatic carbocycles. The molecule has 3 aromatic rings. The summed E-state index contributed by atoms with van der Waals surface area (Å²) in [6, 6.07) is 21.2. The van der Waals surface area contributed by atoms with Crippen molar-refractivity contribution in [3.8, 4) is 11.5 Å². The Morgan fingerprint density at radius 1 is 0.977 bits per heavy atom. The molecule has 2 atom stereocenters. The number of benzene rings is 3. The van der Waals surface area contributed by atoms with Crippen molar-refractivity contribution in [3.63, 3.8) is 0 Å². The molecule has 0 spiro atoms. The Bertz CT molecular complexity index is 1530. The van der Waals surface area contributed by atoms with E-state index in [2.05, 4.69) is 10.2 Å². The first-order valence-electron chi connectivity index (χ1n) is 14.3. The monoisotopic (exact) mass is 586 g/mol. The quantitative estimate of drug-likeness (QED) is 0.375. The molecule has 43 heavy (non-hydrogen) atoms. The van der Waals surface area contributed by atoms with Crippen molar-refractivity contribution in [1.82, 2.24) is 20.0 Å². The molecule has 1 fully saturated rings. The summed E-state index contributed by atoms with van der Waals surface area (Å²) in [5, 5.41) is 2.95. The van der Waals surface area contributed by atoms with Crippen LogP contribution in [0.3, 0.4) is 0 Å². The van der Waals surface area contributed by atoms with E-state index in [9.17, 15) is 18.8 Å². The van der Waals surface area contributed by atoms with Crippen LogP contribution in [0.5, 0.6) is 11.5 Å². The summed E-state index contributed by atoms with van der Waals surface area (Å²) in [5.74, 6) is -0.208. The summed E-state index contributed by atoms with van der Waals surface area (Å²) >= 11 is 0. The van der Waals surface area contributed by atoms with E-state index in [1.54, 1.807) is 37.1 Å². The minimum absolute atomic E-state index is 0.0418. The summed E-state index contributed by atoms with van der Waals surface area (Å²) < 4.78 is 25.8. The molecule has 3 amide bonds. The fraction of sp³-hybridized carbons (Fsp3) is 0.303. The van der Waals surface area contributed by atoms with E-state index in [-0.39, 0.29) is 36.7 Å². The van der Waals surface area contributed by atoms with Crippen molar-refractivity contribution < 1.29 is 28.2 Å². The summed E-state index contributed by atoms with van der Waals surface area (Å²) in [5.41, 5.74) is 1.56. The predicted molar refractivity (Wildman–Crippen MR) is 159 cm³/mol. The van der Waals surface area contributed by atoms with Crippen LogP contribution in [0.1, 0.15) is 35.8 Å². The number of piperazine rings is 1. The Hall–Kier alpha value is -4.70.